The van der Waals surface area contributed by atoms with Crippen molar-refractivity contribution in [2.75, 3.05) is 46.0 Å². The molecule has 0 aliphatic carbocycles. The molecule has 2 aromatic rings. The molecule has 8 nitrogen and oxygen atoms in total. The predicted octanol–water partition coefficient (Wildman–Crippen LogP) is 4.11. The largest absolute Gasteiger partial charge is 0.463 e. The van der Waals surface area contributed by atoms with Crippen LogP contribution in [-0.4, -0.2) is 72.8 Å². The van der Waals surface area contributed by atoms with Gasteiger partial charge in [-0.2, -0.15) is 0 Å². The van der Waals surface area contributed by atoms with Crippen LogP contribution in [0.3, 0.4) is 0 Å². The highest BCUT2D eigenvalue weighted by atomic mass is 32.2. The van der Waals surface area contributed by atoms with Gasteiger partial charge in [0.15, 0.2) is 5.17 Å². The molecule has 0 spiro atoms. The molecular weight excluding hydrogens is 512 g/mol. The fraction of sp³-hybridized carbons (Fsp3) is 0.367. The number of hydrogen-bond acceptors (Lipinski definition) is 8. The van der Waals surface area contributed by atoms with Crippen molar-refractivity contribution in [3.63, 3.8) is 0 Å². The van der Waals surface area contributed by atoms with E-state index >= 15 is 0 Å². The van der Waals surface area contributed by atoms with Gasteiger partial charge in [-0.3, -0.25) is 9.69 Å². The second-order valence-corrected chi connectivity index (χ2v) is 10.5. The molecule has 3 heterocycles. The number of carbonyl (C=O) groups is 2. The summed E-state index contributed by atoms with van der Waals surface area (Å²) in [5, 5.41) is 5.78. The van der Waals surface area contributed by atoms with Crippen molar-refractivity contribution in [2.24, 2.45) is 4.99 Å². The summed E-state index contributed by atoms with van der Waals surface area (Å²) in [4.78, 5) is 35.9. The molecule has 1 atom stereocenters. The fourth-order valence-electron chi connectivity index (χ4n) is 5.05. The number of aryl methyl sites for hydroxylation is 1. The number of amides is 1. The van der Waals surface area contributed by atoms with E-state index in [2.05, 4.69) is 16.3 Å². The summed E-state index contributed by atoms with van der Waals surface area (Å²) in [6, 6.07) is 17.4. The highest BCUT2D eigenvalue weighted by molar-refractivity contribution is 8.16. The summed E-state index contributed by atoms with van der Waals surface area (Å²) in [5.74, 6) is -0.466. The zero-order valence-electron chi connectivity index (χ0n) is 22.4. The average molecular weight is 547 g/mol. The Morgan fingerprint density at radius 3 is 2.67 bits per heavy atom. The Labute approximate surface area is 233 Å². The monoisotopic (exact) mass is 546 g/mol. The third-order valence-corrected chi connectivity index (χ3v) is 7.79. The molecule has 0 aromatic heterocycles. The van der Waals surface area contributed by atoms with Gasteiger partial charge in [-0.15, -0.1) is 0 Å². The van der Waals surface area contributed by atoms with Crippen molar-refractivity contribution in [2.45, 2.75) is 26.3 Å². The summed E-state index contributed by atoms with van der Waals surface area (Å²) >= 11 is 1.48. The van der Waals surface area contributed by atoms with Gasteiger partial charge in [0.25, 0.3) is 0 Å². The van der Waals surface area contributed by atoms with E-state index in [4.69, 9.17) is 14.5 Å². The van der Waals surface area contributed by atoms with Gasteiger partial charge >= 0.3 is 5.97 Å². The number of thioether (sulfide) groups is 1. The van der Waals surface area contributed by atoms with Gasteiger partial charge in [-0.1, -0.05) is 71.9 Å². The van der Waals surface area contributed by atoms with Crippen molar-refractivity contribution < 1.29 is 19.1 Å². The number of fused-ring (bicyclic) bond motifs is 1. The molecule has 1 N–H and O–H groups in total. The summed E-state index contributed by atoms with van der Waals surface area (Å²) in [5.41, 5.74) is 4.75. The zero-order valence-corrected chi connectivity index (χ0v) is 23.2. The zero-order chi connectivity index (χ0) is 27.2. The Hall–Kier alpha value is -3.40. The van der Waals surface area contributed by atoms with E-state index in [-0.39, 0.29) is 18.9 Å². The van der Waals surface area contributed by atoms with Crippen molar-refractivity contribution in [3.8, 4) is 0 Å². The number of ether oxygens (including phenoxy) is 2. The molecule has 3 aliphatic heterocycles. The van der Waals surface area contributed by atoms with Crippen molar-refractivity contribution in [3.05, 3.63) is 88.0 Å². The van der Waals surface area contributed by atoms with E-state index in [1.807, 2.05) is 65.8 Å². The van der Waals surface area contributed by atoms with Gasteiger partial charge in [0.1, 0.15) is 0 Å². The number of esters is 1. The highest BCUT2D eigenvalue weighted by Gasteiger charge is 2.42. The van der Waals surface area contributed by atoms with E-state index in [0.29, 0.717) is 17.8 Å². The maximum absolute atomic E-state index is 13.6. The first-order valence-electron chi connectivity index (χ1n) is 13.4. The number of carbonyl (C=O) groups excluding carboxylic acids is 2. The van der Waals surface area contributed by atoms with Crippen LogP contribution in [0, 0.1) is 6.92 Å². The Balaban J connectivity index is 1.45. The summed E-state index contributed by atoms with van der Waals surface area (Å²) in [6.45, 7) is 8.70. The molecule has 0 unspecified atom stereocenters. The Morgan fingerprint density at radius 2 is 1.92 bits per heavy atom. The van der Waals surface area contributed by atoms with Crippen LogP contribution in [0.15, 0.2) is 76.3 Å². The van der Waals surface area contributed by atoms with Crippen LogP contribution < -0.4 is 5.32 Å². The Kier molecular flexibility index (Phi) is 8.81. The molecule has 3 aliphatic rings. The molecule has 2 aromatic carbocycles. The van der Waals surface area contributed by atoms with E-state index < -0.39 is 12.0 Å². The molecule has 204 valence electrons. The number of benzene rings is 2. The number of amidine groups is 1. The molecule has 1 fully saturated rings. The summed E-state index contributed by atoms with van der Waals surface area (Å²) in [6.07, 6.45) is 0.189. The molecule has 1 amide bonds. The number of hydrogen-bond donors (Lipinski definition) is 1. The second kappa shape index (κ2) is 12.6. The lowest BCUT2D eigenvalue weighted by atomic mass is 9.90. The molecule has 0 saturated carbocycles. The van der Waals surface area contributed by atoms with Gasteiger partial charge < -0.3 is 19.7 Å². The average Bonchev–Trinajstić information content (AvgIpc) is 3.35. The van der Waals surface area contributed by atoms with Crippen LogP contribution in [0.1, 0.15) is 36.1 Å². The van der Waals surface area contributed by atoms with Gasteiger partial charge in [-0.05, 0) is 24.8 Å². The van der Waals surface area contributed by atoms with Crippen LogP contribution >= 0.6 is 11.8 Å². The first kappa shape index (κ1) is 27.2. The molecule has 0 radical (unpaired) electrons. The van der Waals surface area contributed by atoms with E-state index in [1.165, 1.54) is 11.8 Å². The van der Waals surface area contributed by atoms with Crippen molar-refractivity contribution >= 4 is 34.5 Å². The third-order valence-electron chi connectivity index (χ3n) is 6.91. The standard InChI is InChI=1S/C30H34N4O4S/c1-3-38-29(36)26-27(22-9-5-4-6-10-22)32-30-34(28(26)23-11-7-8-21(2)18-23)24(20-39-30)19-25(35)31-12-13-33-14-16-37-17-15-33/h4-11,18,20,28H,3,12-17,19H2,1-2H3,(H,31,35)/t28-/m0/s1. The van der Waals surface area contributed by atoms with E-state index in [9.17, 15) is 9.59 Å². The molecule has 39 heavy (non-hydrogen) atoms. The number of nitrogens with zero attached hydrogens (tertiary/aromatic N) is 3. The number of morpholine rings is 1. The van der Waals surface area contributed by atoms with Crippen LogP contribution in [0.5, 0.6) is 0 Å². The minimum Gasteiger partial charge on any atom is -0.463 e. The van der Waals surface area contributed by atoms with Crippen molar-refractivity contribution in [1.82, 2.24) is 15.1 Å². The van der Waals surface area contributed by atoms with E-state index in [1.54, 1.807) is 6.92 Å². The molecule has 0 bridgehead atoms. The van der Waals surface area contributed by atoms with Crippen LogP contribution in [0.2, 0.25) is 0 Å². The number of rotatable bonds is 9. The first-order valence-corrected chi connectivity index (χ1v) is 14.3. The summed E-state index contributed by atoms with van der Waals surface area (Å²) < 4.78 is 11.0. The van der Waals surface area contributed by atoms with Gasteiger partial charge in [0.2, 0.25) is 5.91 Å². The maximum atomic E-state index is 13.6. The SMILES string of the molecule is CCOC(=O)C1=C(c2ccccc2)N=C2SC=C(CC(=O)NCCN3CCOCC3)N2[C@H]1c1cccc(C)c1. The topological polar surface area (TPSA) is 83.5 Å². The quantitative estimate of drug-likeness (QED) is 0.474. The first-order chi connectivity index (χ1) is 19.0. The molecule has 9 heteroatoms. The predicted molar refractivity (Wildman–Crippen MR) is 154 cm³/mol. The minimum atomic E-state index is -0.478. The maximum Gasteiger partial charge on any atom is 0.338 e. The molecule has 5 rings (SSSR count). The van der Waals surface area contributed by atoms with Gasteiger partial charge in [0, 0.05) is 37.4 Å². The Morgan fingerprint density at radius 1 is 1.13 bits per heavy atom. The van der Waals surface area contributed by atoms with E-state index in [0.717, 1.165) is 60.4 Å². The van der Waals surface area contributed by atoms with Crippen LogP contribution in [0.4, 0.5) is 0 Å². The molecule has 1 saturated heterocycles. The van der Waals surface area contributed by atoms with Crippen molar-refractivity contribution in [1.29, 1.82) is 0 Å². The second-order valence-electron chi connectivity index (χ2n) is 9.64. The van der Waals surface area contributed by atoms with Crippen LogP contribution in [0.25, 0.3) is 5.70 Å². The molecular formula is C30H34N4O4S. The lowest BCUT2D eigenvalue weighted by molar-refractivity contribution is -0.139. The third kappa shape index (κ3) is 6.27. The lowest BCUT2D eigenvalue weighted by Crippen LogP contribution is -2.42. The number of aliphatic imine (C=N–C) groups is 1. The van der Waals surface area contributed by atoms with Gasteiger partial charge in [-0.25, -0.2) is 9.79 Å². The smallest absolute Gasteiger partial charge is 0.338 e. The lowest BCUT2D eigenvalue weighted by Gasteiger charge is -2.37. The highest BCUT2D eigenvalue weighted by Crippen LogP contribution is 2.47. The fourth-order valence-corrected chi connectivity index (χ4v) is 5.97. The minimum absolute atomic E-state index is 0.0603. The van der Waals surface area contributed by atoms with Crippen LogP contribution in [-0.2, 0) is 19.1 Å². The Bertz CT molecular complexity index is 1300. The number of nitrogens with one attached hydrogen (secondary N) is 1. The van der Waals surface area contributed by atoms with Gasteiger partial charge in [0.05, 0.1) is 43.6 Å². The summed E-state index contributed by atoms with van der Waals surface area (Å²) in [7, 11) is 0. The normalized spacial score (nSPS) is 19.3.